The number of rotatable bonds is 7. The quantitative estimate of drug-likeness (QED) is 0.581. The van der Waals surface area contributed by atoms with Gasteiger partial charge in [-0.25, -0.2) is 0 Å². The molecular weight excluding hydrogens is 354 g/mol. The summed E-state index contributed by atoms with van der Waals surface area (Å²) in [7, 11) is 0. The third-order valence-corrected chi connectivity index (χ3v) is 3.66. The second-order valence-electron chi connectivity index (χ2n) is 6.19. The van der Waals surface area contributed by atoms with Gasteiger partial charge in [0.15, 0.2) is 0 Å². The molecule has 1 amide bonds. The summed E-state index contributed by atoms with van der Waals surface area (Å²) >= 11 is 0. The minimum atomic E-state index is -0.778. The van der Waals surface area contributed by atoms with Crippen LogP contribution in [0, 0.1) is 20.2 Å². The molecule has 0 aromatic heterocycles. The van der Waals surface area contributed by atoms with Gasteiger partial charge in [-0.1, -0.05) is 12.1 Å². The summed E-state index contributed by atoms with van der Waals surface area (Å²) in [5, 5.41) is 24.6. The van der Waals surface area contributed by atoms with E-state index in [9.17, 15) is 25.0 Å². The Bertz CT molecular complexity index is 849. The van der Waals surface area contributed by atoms with Crippen LogP contribution in [0.5, 0.6) is 5.75 Å². The average molecular weight is 373 g/mol. The molecule has 0 aliphatic heterocycles. The van der Waals surface area contributed by atoms with Crippen LogP contribution in [-0.4, -0.2) is 21.9 Å². The Morgan fingerprint density at radius 3 is 2.11 bits per heavy atom. The minimum Gasteiger partial charge on any atom is -0.491 e. The molecule has 0 heterocycles. The first kappa shape index (κ1) is 19.8. The standard InChI is InChI=1S/C18H19N3O6/c1-11(2)27-17-6-4-5-13(9-17)12(3)19-18(22)14-7-15(20(23)24)10-16(8-14)21(25)26/h4-12H,1-3H3,(H,19,22). The van der Waals surface area contributed by atoms with Crippen molar-refractivity contribution >= 4 is 17.3 Å². The number of nitro benzene ring substituents is 2. The highest BCUT2D eigenvalue weighted by molar-refractivity contribution is 5.95. The van der Waals surface area contributed by atoms with Crippen molar-refractivity contribution in [1.82, 2.24) is 5.32 Å². The lowest BCUT2D eigenvalue weighted by molar-refractivity contribution is -0.394. The maximum atomic E-state index is 12.5. The van der Waals surface area contributed by atoms with Crippen LogP contribution in [0.25, 0.3) is 0 Å². The molecule has 1 atom stereocenters. The number of non-ortho nitro benzene ring substituents is 2. The van der Waals surface area contributed by atoms with Gasteiger partial charge in [-0.3, -0.25) is 25.0 Å². The Balaban J connectivity index is 2.24. The van der Waals surface area contributed by atoms with E-state index in [-0.39, 0.29) is 11.7 Å². The summed E-state index contributed by atoms with van der Waals surface area (Å²) in [6.07, 6.45) is -0.00411. The predicted octanol–water partition coefficient (Wildman–Crippen LogP) is 3.78. The second-order valence-corrected chi connectivity index (χ2v) is 6.19. The van der Waals surface area contributed by atoms with Gasteiger partial charge in [0.25, 0.3) is 17.3 Å². The molecule has 2 aromatic carbocycles. The number of benzene rings is 2. The number of carbonyl (C=O) groups is 1. The number of carbonyl (C=O) groups excluding carboxylic acids is 1. The van der Waals surface area contributed by atoms with Gasteiger partial charge in [-0.2, -0.15) is 0 Å². The molecule has 1 unspecified atom stereocenters. The van der Waals surface area contributed by atoms with E-state index in [0.717, 1.165) is 23.8 Å². The second kappa shape index (κ2) is 8.26. The van der Waals surface area contributed by atoms with Gasteiger partial charge in [-0.05, 0) is 38.5 Å². The summed E-state index contributed by atoms with van der Waals surface area (Å²) in [6, 6.07) is 9.55. The first-order valence-corrected chi connectivity index (χ1v) is 8.18. The van der Waals surface area contributed by atoms with E-state index in [2.05, 4.69) is 5.32 Å². The Morgan fingerprint density at radius 2 is 1.59 bits per heavy atom. The lowest BCUT2D eigenvalue weighted by Gasteiger charge is -2.16. The van der Waals surface area contributed by atoms with Crippen LogP contribution < -0.4 is 10.1 Å². The number of nitro groups is 2. The van der Waals surface area contributed by atoms with E-state index in [4.69, 9.17) is 4.74 Å². The summed E-state index contributed by atoms with van der Waals surface area (Å²) in [6.45, 7) is 5.53. The first-order chi connectivity index (χ1) is 12.7. The first-order valence-electron chi connectivity index (χ1n) is 8.18. The predicted molar refractivity (Wildman–Crippen MR) is 97.8 cm³/mol. The van der Waals surface area contributed by atoms with Gasteiger partial charge in [0.1, 0.15) is 5.75 Å². The zero-order chi connectivity index (χ0) is 20.1. The SMILES string of the molecule is CC(C)Oc1cccc(C(C)NC(=O)c2cc([N+](=O)[O-])cc([N+](=O)[O-])c2)c1. The van der Waals surface area contributed by atoms with E-state index < -0.39 is 33.2 Å². The fourth-order valence-corrected chi connectivity index (χ4v) is 2.43. The number of nitrogens with zero attached hydrogens (tertiary/aromatic N) is 2. The molecule has 2 aromatic rings. The van der Waals surface area contributed by atoms with E-state index in [1.54, 1.807) is 31.2 Å². The Hall–Kier alpha value is -3.49. The van der Waals surface area contributed by atoms with Gasteiger partial charge in [0.05, 0.1) is 33.6 Å². The van der Waals surface area contributed by atoms with Crippen molar-refractivity contribution in [2.75, 3.05) is 0 Å². The molecule has 27 heavy (non-hydrogen) atoms. The van der Waals surface area contributed by atoms with Crippen molar-refractivity contribution in [1.29, 1.82) is 0 Å². The number of hydrogen-bond acceptors (Lipinski definition) is 6. The fraction of sp³-hybridized carbons (Fsp3) is 0.278. The normalized spacial score (nSPS) is 11.7. The number of ether oxygens (including phenoxy) is 1. The Kier molecular flexibility index (Phi) is 6.07. The van der Waals surface area contributed by atoms with Gasteiger partial charge in [-0.15, -0.1) is 0 Å². The maximum Gasteiger partial charge on any atom is 0.277 e. The molecule has 0 aliphatic carbocycles. The summed E-state index contributed by atoms with van der Waals surface area (Å²) in [4.78, 5) is 32.8. The van der Waals surface area contributed by atoms with Crippen LogP contribution in [0.2, 0.25) is 0 Å². The molecule has 0 spiro atoms. The smallest absolute Gasteiger partial charge is 0.277 e. The highest BCUT2D eigenvalue weighted by Crippen LogP contribution is 2.24. The molecule has 1 N–H and O–H groups in total. The van der Waals surface area contributed by atoms with Gasteiger partial charge in [0.2, 0.25) is 0 Å². The number of nitrogens with one attached hydrogen (secondary N) is 1. The lowest BCUT2D eigenvalue weighted by Crippen LogP contribution is -2.26. The number of amides is 1. The molecule has 9 heteroatoms. The lowest BCUT2D eigenvalue weighted by atomic mass is 10.1. The van der Waals surface area contributed by atoms with Gasteiger partial charge < -0.3 is 10.1 Å². The van der Waals surface area contributed by atoms with E-state index >= 15 is 0 Å². The number of hydrogen-bond donors (Lipinski definition) is 1. The van der Waals surface area contributed by atoms with Crippen LogP contribution in [0.1, 0.15) is 42.7 Å². The zero-order valence-electron chi connectivity index (χ0n) is 15.0. The highest BCUT2D eigenvalue weighted by Gasteiger charge is 2.21. The molecule has 0 saturated heterocycles. The molecular formula is C18H19N3O6. The zero-order valence-corrected chi connectivity index (χ0v) is 15.0. The summed E-state index contributed by atoms with van der Waals surface area (Å²) < 4.78 is 5.62. The molecule has 0 saturated carbocycles. The molecule has 142 valence electrons. The van der Waals surface area contributed by atoms with Crippen molar-refractivity contribution in [3.63, 3.8) is 0 Å². The van der Waals surface area contributed by atoms with Gasteiger partial charge in [0, 0.05) is 12.1 Å². The van der Waals surface area contributed by atoms with Crippen LogP contribution >= 0.6 is 0 Å². The van der Waals surface area contributed by atoms with Crippen molar-refractivity contribution in [2.45, 2.75) is 32.9 Å². The van der Waals surface area contributed by atoms with Crippen molar-refractivity contribution < 1.29 is 19.4 Å². The van der Waals surface area contributed by atoms with E-state index in [1.165, 1.54) is 0 Å². The third kappa shape index (κ3) is 5.24. The Morgan fingerprint density at radius 1 is 1.00 bits per heavy atom. The van der Waals surface area contributed by atoms with Crippen LogP contribution in [0.3, 0.4) is 0 Å². The Labute approximate surface area is 155 Å². The largest absolute Gasteiger partial charge is 0.491 e. The van der Waals surface area contributed by atoms with Crippen LogP contribution in [0.4, 0.5) is 11.4 Å². The average Bonchev–Trinajstić information content (AvgIpc) is 2.60. The summed E-state index contributed by atoms with van der Waals surface area (Å²) in [5.41, 5.74) is -0.428. The van der Waals surface area contributed by atoms with Crippen molar-refractivity contribution in [3.8, 4) is 5.75 Å². The summed E-state index contributed by atoms with van der Waals surface area (Å²) in [5.74, 6) is -0.000864. The van der Waals surface area contributed by atoms with Crippen LogP contribution in [0.15, 0.2) is 42.5 Å². The molecule has 0 radical (unpaired) electrons. The maximum absolute atomic E-state index is 12.5. The van der Waals surface area contributed by atoms with Crippen molar-refractivity contribution in [2.24, 2.45) is 0 Å². The van der Waals surface area contributed by atoms with Crippen LogP contribution in [-0.2, 0) is 0 Å². The van der Waals surface area contributed by atoms with Gasteiger partial charge >= 0.3 is 0 Å². The molecule has 0 bridgehead atoms. The highest BCUT2D eigenvalue weighted by atomic mass is 16.6. The van der Waals surface area contributed by atoms with Crippen molar-refractivity contribution in [3.05, 3.63) is 73.8 Å². The van der Waals surface area contributed by atoms with E-state index in [0.29, 0.717) is 5.75 Å². The third-order valence-electron chi connectivity index (χ3n) is 3.66. The molecule has 2 rings (SSSR count). The topological polar surface area (TPSA) is 125 Å². The molecule has 0 aliphatic rings. The minimum absolute atomic E-state index is 0.00411. The van der Waals surface area contributed by atoms with E-state index in [1.807, 2.05) is 13.8 Å². The fourth-order valence-electron chi connectivity index (χ4n) is 2.43. The monoisotopic (exact) mass is 373 g/mol. The molecule has 9 nitrogen and oxygen atoms in total. The molecule has 0 fully saturated rings.